The summed E-state index contributed by atoms with van der Waals surface area (Å²) >= 11 is 0. The van der Waals surface area contributed by atoms with E-state index in [1.807, 2.05) is 0 Å². The van der Waals surface area contributed by atoms with Gasteiger partial charge in [0.2, 0.25) is 0 Å². The van der Waals surface area contributed by atoms with Crippen LogP contribution in [0, 0.1) is 0 Å². The van der Waals surface area contributed by atoms with Gasteiger partial charge in [-0.2, -0.15) is 0 Å². The molecule has 0 fully saturated rings. The predicted molar refractivity (Wildman–Crippen MR) is 66.8 cm³/mol. The highest BCUT2D eigenvalue weighted by Gasteiger charge is 2.10. The van der Waals surface area contributed by atoms with Crippen molar-refractivity contribution in [2.75, 3.05) is 13.1 Å². The van der Waals surface area contributed by atoms with Gasteiger partial charge in [0, 0.05) is 0 Å². The van der Waals surface area contributed by atoms with E-state index in [0.717, 1.165) is 44.8 Å². The Labute approximate surface area is 98.1 Å². The molecular formula is C11H26N4O. The average Bonchev–Trinajstić information content (AvgIpc) is 2.28. The van der Waals surface area contributed by atoms with Crippen LogP contribution in [0.4, 0.5) is 0 Å². The second-order valence-electron chi connectivity index (χ2n) is 4.08. The van der Waals surface area contributed by atoms with E-state index in [1.165, 1.54) is 0 Å². The lowest BCUT2D eigenvalue weighted by Gasteiger charge is -2.18. The second-order valence-corrected chi connectivity index (χ2v) is 4.08. The fourth-order valence-electron chi connectivity index (χ4n) is 1.57. The minimum absolute atomic E-state index is 0.111. The molecule has 96 valence electrons. The van der Waals surface area contributed by atoms with Crippen LogP contribution in [-0.2, 0) is 4.79 Å². The molecule has 0 aromatic rings. The fraction of sp³-hybridized carbons (Fsp3) is 0.909. The van der Waals surface area contributed by atoms with Gasteiger partial charge < -0.3 is 22.0 Å². The highest BCUT2D eigenvalue weighted by molar-refractivity contribution is 5.57. The van der Waals surface area contributed by atoms with Crippen molar-refractivity contribution in [3.8, 4) is 0 Å². The molecule has 0 aliphatic heterocycles. The van der Waals surface area contributed by atoms with Crippen LogP contribution in [0.1, 0.15) is 38.5 Å². The lowest BCUT2D eigenvalue weighted by Crippen LogP contribution is -2.44. The van der Waals surface area contributed by atoms with Gasteiger partial charge in [0.05, 0.1) is 12.2 Å². The molecule has 0 radical (unpaired) electrons. The lowest BCUT2D eigenvalue weighted by atomic mass is 10.1. The Hall–Kier alpha value is -0.490. The van der Waals surface area contributed by atoms with Crippen LogP contribution in [0.3, 0.4) is 0 Å². The topological polar surface area (TPSA) is 107 Å². The van der Waals surface area contributed by atoms with Crippen LogP contribution in [-0.4, -0.2) is 31.6 Å². The standard InChI is InChI=1S/C11H26N4O/c12-7-3-1-5-10(9-16)15-11(14)6-2-4-8-13/h9-11,15H,1-8,12-14H2. The smallest absolute Gasteiger partial charge is 0.136 e. The molecule has 7 N–H and O–H groups in total. The molecule has 0 bridgehead atoms. The van der Waals surface area contributed by atoms with Gasteiger partial charge in [0.25, 0.3) is 0 Å². The van der Waals surface area contributed by atoms with Crippen LogP contribution < -0.4 is 22.5 Å². The summed E-state index contributed by atoms with van der Waals surface area (Å²) in [5.41, 5.74) is 16.6. The summed E-state index contributed by atoms with van der Waals surface area (Å²) in [6.07, 6.45) is 6.38. The number of nitrogens with one attached hydrogen (secondary N) is 1. The van der Waals surface area contributed by atoms with Crippen LogP contribution in [0.5, 0.6) is 0 Å². The summed E-state index contributed by atoms with van der Waals surface area (Å²) in [6, 6.07) is -0.139. The minimum atomic E-state index is -0.139. The predicted octanol–water partition coefficient (Wildman–Crippen LogP) is -0.314. The number of nitrogens with two attached hydrogens (primary N) is 3. The molecule has 0 heterocycles. The summed E-state index contributed by atoms with van der Waals surface area (Å²) in [6.45, 7) is 1.37. The van der Waals surface area contributed by atoms with Crippen molar-refractivity contribution in [3.05, 3.63) is 0 Å². The maximum Gasteiger partial charge on any atom is 0.136 e. The van der Waals surface area contributed by atoms with Crippen molar-refractivity contribution >= 4 is 6.29 Å². The largest absolute Gasteiger partial charge is 0.330 e. The van der Waals surface area contributed by atoms with Gasteiger partial charge in [-0.1, -0.05) is 6.42 Å². The zero-order valence-corrected chi connectivity index (χ0v) is 10.0. The summed E-state index contributed by atoms with van der Waals surface area (Å²) in [5.74, 6) is 0. The lowest BCUT2D eigenvalue weighted by molar-refractivity contribution is -0.109. The Morgan fingerprint density at radius 3 is 2.06 bits per heavy atom. The molecule has 0 aliphatic rings. The molecule has 0 saturated carbocycles. The summed E-state index contributed by atoms with van der Waals surface area (Å²) in [5, 5.41) is 3.11. The van der Waals surface area contributed by atoms with Crippen LogP contribution in [0.2, 0.25) is 0 Å². The van der Waals surface area contributed by atoms with E-state index in [-0.39, 0.29) is 12.2 Å². The number of hydrogen-bond donors (Lipinski definition) is 4. The average molecular weight is 230 g/mol. The summed E-state index contributed by atoms with van der Waals surface area (Å²) in [7, 11) is 0. The van der Waals surface area contributed by atoms with Gasteiger partial charge in [0.1, 0.15) is 6.29 Å². The highest BCUT2D eigenvalue weighted by Crippen LogP contribution is 2.01. The number of carbonyl (C=O) groups is 1. The summed E-state index contributed by atoms with van der Waals surface area (Å²) < 4.78 is 0. The highest BCUT2D eigenvalue weighted by atomic mass is 16.1. The van der Waals surface area contributed by atoms with E-state index < -0.39 is 0 Å². The van der Waals surface area contributed by atoms with Crippen molar-refractivity contribution in [2.24, 2.45) is 17.2 Å². The molecule has 0 saturated heterocycles. The first-order chi connectivity index (χ1) is 7.74. The Morgan fingerprint density at radius 2 is 1.56 bits per heavy atom. The van der Waals surface area contributed by atoms with Crippen molar-refractivity contribution < 1.29 is 4.79 Å². The number of hydrogen-bond acceptors (Lipinski definition) is 5. The molecule has 0 aliphatic carbocycles. The van der Waals surface area contributed by atoms with E-state index in [9.17, 15) is 4.79 Å². The van der Waals surface area contributed by atoms with Crippen molar-refractivity contribution in [1.82, 2.24) is 5.32 Å². The van der Waals surface area contributed by atoms with Crippen LogP contribution >= 0.6 is 0 Å². The number of unbranched alkanes of at least 4 members (excludes halogenated alkanes) is 2. The van der Waals surface area contributed by atoms with Gasteiger partial charge >= 0.3 is 0 Å². The Bertz CT molecular complexity index is 166. The van der Waals surface area contributed by atoms with Crippen LogP contribution in [0.25, 0.3) is 0 Å². The van der Waals surface area contributed by atoms with Crippen molar-refractivity contribution in [3.63, 3.8) is 0 Å². The maximum atomic E-state index is 10.8. The molecule has 0 amide bonds. The maximum absolute atomic E-state index is 10.8. The second kappa shape index (κ2) is 11.0. The van der Waals surface area contributed by atoms with E-state index in [0.29, 0.717) is 13.1 Å². The number of rotatable bonds is 11. The molecule has 0 aromatic heterocycles. The molecular weight excluding hydrogens is 204 g/mol. The first-order valence-corrected chi connectivity index (χ1v) is 6.11. The number of aldehydes is 1. The van der Waals surface area contributed by atoms with Gasteiger partial charge in [-0.05, 0) is 45.2 Å². The Kier molecular flexibility index (Phi) is 10.7. The molecule has 2 atom stereocenters. The van der Waals surface area contributed by atoms with Gasteiger partial charge in [-0.25, -0.2) is 0 Å². The van der Waals surface area contributed by atoms with Gasteiger partial charge in [-0.15, -0.1) is 0 Å². The quantitative estimate of drug-likeness (QED) is 0.221. The minimum Gasteiger partial charge on any atom is -0.330 e. The molecule has 5 nitrogen and oxygen atoms in total. The zero-order valence-electron chi connectivity index (χ0n) is 10.0. The van der Waals surface area contributed by atoms with E-state index in [4.69, 9.17) is 17.2 Å². The molecule has 0 spiro atoms. The van der Waals surface area contributed by atoms with E-state index in [2.05, 4.69) is 5.32 Å². The molecule has 5 heteroatoms. The normalized spacial score (nSPS) is 14.7. The fourth-order valence-corrected chi connectivity index (χ4v) is 1.57. The van der Waals surface area contributed by atoms with Gasteiger partial charge in [0.15, 0.2) is 0 Å². The third kappa shape index (κ3) is 8.79. The Balaban J connectivity index is 3.61. The third-order valence-corrected chi connectivity index (χ3v) is 2.53. The first-order valence-electron chi connectivity index (χ1n) is 6.11. The van der Waals surface area contributed by atoms with E-state index in [1.54, 1.807) is 0 Å². The van der Waals surface area contributed by atoms with Crippen molar-refractivity contribution in [2.45, 2.75) is 50.7 Å². The monoisotopic (exact) mass is 230 g/mol. The van der Waals surface area contributed by atoms with Crippen LogP contribution in [0.15, 0.2) is 0 Å². The first kappa shape index (κ1) is 15.5. The van der Waals surface area contributed by atoms with E-state index >= 15 is 0 Å². The Morgan fingerprint density at radius 1 is 1.00 bits per heavy atom. The summed E-state index contributed by atoms with van der Waals surface area (Å²) in [4.78, 5) is 10.8. The molecule has 2 unspecified atom stereocenters. The number of carbonyl (C=O) groups excluding carboxylic acids is 1. The molecule has 0 aromatic carbocycles. The molecule has 0 rings (SSSR count). The zero-order chi connectivity index (χ0) is 12.2. The molecule has 16 heavy (non-hydrogen) atoms. The SMILES string of the molecule is NCCCCC(N)NC(C=O)CCCCN. The third-order valence-electron chi connectivity index (χ3n) is 2.53. The van der Waals surface area contributed by atoms with Gasteiger partial charge in [-0.3, -0.25) is 5.32 Å². The van der Waals surface area contributed by atoms with Crippen molar-refractivity contribution in [1.29, 1.82) is 0 Å².